The van der Waals surface area contributed by atoms with Gasteiger partial charge in [0.05, 0.1) is 13.7 Å². The Bertz CT molecular complexity index is 353. The first kappa shape index (κ1) is 11.0. The van der Waals surface area contributed by atoms with Crippen LogP contribution in [0.25, 0.3) is 0 Å². The maximum atomic E-state index is 11.6. The van der Waals surface area contributed by atoms with Gasteiger partial charge in [0.2, 0.25) is 0 Å². The lowest BCUT2D eigenvalue weighted by Crippen LogP contribution is -2.40. The molecule has 0 bridgehead atoms. The van der Waals surface area contributed by atoms with Gasteiger partial charge in [-0.15, -0.1) is 0 Å². The number of hydrogen-bond acceptors (Lipinski definition) is 3. The highest BCUT2D eigenvalue weighted by atomic mass is 16.6. The summed E-state index contributed by atoms with van der Waals surface area (Å²) in [7, 11) is 1.39. The molecule has 4 nitrogen and oxygen atoms in total. The predicted octanol–water partition coefficient (Wildman–Crippen LogP) is 2.17. The van der Waals surface area contributed by atoms with Gasteiger partial charge in [-0.25, -0.2) is 4.79 Å². The second-order valence-corrected chi connectivity index (χ2v) is 3.65. The molecule has 0 aromatic heterocycles. The fourth-order valence-corrected chi connectivity index (χ4v) is 1.84. The van der Waals surface area contributed by atoms with Crippen molar-refractivity contribution < 1.29 is 14.3 Å². The molecule has 1 unspecified atom stereocenters. The van der Waals surface area contributed by atoms with E-state index in [1.807, 2.05) is 30.3 Å². The van der Waals surface area contributed by atoms with E-state index in [1.165, 1.54) is 7.11 Å². The molecule has 0 saturated carbocycles. The van der Waals surface area contributed by atoms with Crippen molar-refractivity contribution in [3.05, 3.63) is 35.9 Å². The topological polar surface area (TPSA) is 38.8 Å². The van der Waals surface area contributed by atoms with Gasteiger partial charge in [-0.2, -0.15) is 0 Å². The molecule has 1 fully saturated rings. The van der Waals surface area contributed by atoms with Crippen LogP contribution in [0.3, 0.4) is 0 Å². The van der Waals surface area contributed by atoms with Crippen molar-refractivity contribution in [1.82, 2.24) is 4.90 Å². The molecule has 1 aliphatic rings. The number of benzene rings is 1. The van der Waals surface area contributed by atoms with Crippen LogP contribution in [0.4, 0.5) is 4.79 Å². The van der Waals surface area contributed by atoms with Gasteiger partial charge in [-0.05, 0) is 6.42 Å². The highest BCUT2D eigenvalue weighted by Gasteiger charge is 2.29. The molecule has 1 aliphatic heterocycles. The lowest BCUT2D eigenvalue weighted by atomic mass is 10.1. The van der Waals surface area contributed by atoms with Crippen molar-refractivity contribution in [1.29, 1.82) is 0 Å². The zero-order chi connectivity index (χ0) is 11.4. The van der Waals surface area contributed by atoms with Crippen molar-refractivity contribution in [2.75, 3.05) is 20.3 Å². The third-order valence-corrected chi connectivity index (χ3v) is 2.60. The Kier molecular flexibility index (Phi) is 3.41. The molecule has 1 aromatic carbocycles. The molecule has 2 rings (SSSR count). The standard InChI is InChI=1S/C12H15NO3/c1-15-12(14)13-8-5-9-16-11(13)10-6-3-2-4-7-10/h2-4,6-7,11H,5,8-9H2,1H3. The number of methoxy groups -OCH3 is 1. The van der Waals surface area contributed by atoms with Crippen LogP contribution in [0.15, 0.2) is 30.3 Å². The summed E-state index contributed by atoms with van der Waals surface area (Å²) in [6, 6.07) is 9.71. The number of carbonyl (C=O) groups excluding carboxylic acids is 1. The molecule has 1 amide bonds. The third kappa shape index (κ3) is 2.17. The number of carbonyl (C=O) groups is 1. The lowest BCUT2D eigenvalue weighted by Gasteiger charge is -2.34. The first-order valence-electron chi connectivity index (χ1n) is 5.34. The summed E-state index contributed by atoms with van der Waals surface area (Å²) >= 11 is 0. The summed E-state index contributed by atoms with van der Waals surface area (Å²) in [6.07, 6.45) is 0.189. The van der Waals surface area contributed by atoms with Crippen LogP contribution < -0.4 is 0 Å². The molecule has 0 N–H and O–H groups in total. The van der Waals surface area contributed by atoms with Crippen molar-refractivity contribution in [2.24, 2.45) is 0 Å². The van der Waals surface area contributed by atoms with Crippen molar-refractivity contribution in [2.45, 2.75) is 12.6 Å². The maximum absolute atomic E-state index is 11.6. The van der Waals surface area contributed by atoms with Gasteiger partial charge >= 0.3 is 6.09 Å². The molecule has 0 aliphatic carbocycles. The van der Waals surface area contributed by atoms with Gasteiger partial charge < -0.3 is 9.47 Å². The summed E-state index contributed by atoms with van der Waals surface area (Å²) in [5.41, 5.74) is 0.979. The number of ether oxygens (including phenoxy) is 2. The summed E-state index contributed by atoms with van der Waals surface area (Å²) < 4.78 is 10.4. The SMILES string of the molecule is COC(=O)N1CCCOC1c1ccccc1. The molecule has 16 heavy (non-hydrogen) atoms. The Morgan fingerprint density at radius 3 is 2.88 bits per heavy atom. The fraction of sp³-hybridized carbons (Fsp3) is 0.417. The molecule has 4 heteroatoms. The van der Waals surface area contributed by atoms with Gasteiger partial charge in [0.15, 0.2) is 6.23 Å². The highest BCUT2D eigenvalue weighted by molar-refractivity contribution is 5.68. The van der Waals surface area contributed by atoms with E-state index in [0.717, 1.165) is 12.0 Å². The second-order valence-electron chi connectivity index (χ2n) is 3.65. The molecule has 1 atom stereocenters. The van der Waals surface area contributed by atoms with Gasteiger partial charge in [0.1, 0.15) is 0 Å². The van der Waals surface area contributed by atoms with E-state index in [4.69, 9.17) is 9.47 Å². The van der Waals surface area contributed by atoms with E-state index >= 15 is 0 Å². The van der Waals surface area contributed by atoms with Crippen LogP contribution in [-0.2, 0) is 9.47 Å². The van der Waals surface area contributed by atoms with Gasteiger partial charge in [0.25, 0.3) is 0 Å². The highest BCUT2D eigenvalue weighted by Crippen LogP contribution is 2.26. The minimum absolute atomic E-state index is 0.317. The molecule has 1 saturated heterocycles. The molecule has 0 spiro atoms. The summed E-state index contributed by atoms with van der Waals surface area (Å²) in [5, 5.41) is 0. The first-order valence-corrected chi connectivity index (χ1v) is 5.34. The van der Waals surface area contributed by atoms with Crippen LogP contribution in [0, 0.1) is 0 Å². The fourth-order valence-electron chi connectivity index (χ4n) is 1.84. The van der Waals surface area contributed by atoms with E-state index in [0.29, 0.717) is 13.2 Å². The zero-order valence-electron chi connectivity index (χ0n) is 9.26. The molecule has 86 valence electrons. The number of hydrogen-bond donors (Lipinski definition) is 0. The summed E-state index contributed by atoms with van der Waals surface area (Å²) in [4.78, 5) is 13.2. The number of nitrogens with zero attached hydrogens (tertiary/aromatic N) is 1. The van der Waals surface area contributed by atoms with E-state index in [2.05, 4.69) is 0 Å². The molecular weight excluding hydrogens is 206 g/mol. The lowest BCUT2D eigenvalue weighted by molar-refractivity contribution is -0.0859. The third-order valence-electron chi connectivity index (χ3n) is 2.60. The zero-order valence-corrected chi connectivity index (χ0v) is 9.26. The molecule has 1 heterocycles. The molecule has 0 radical (unpaired) electrons. The second kappa shape index (κ2) is 4.99. The number of amides is 1. The van der Waals surface area contributed by atoms with Crippen molar-refractivity contribution >= 4 is 6.09 Å². The minimum Gasteiger partial charge on any atom is -0.453 e. The smallest absolute Gasteiger partial charge is 0.411 e. The van der Waals surface area contributed by atoms with E-state index in [9.17, 15) is 4.79 Å². The minimum atomic E-state index is -0.339. The summed E-state index contributed by atoms with van der Waals surface area (Å²) in [6.45, 7) is 1.35. The van der Waals surface area contributed by atoms with E-state index in [-0.39, 0.29) is 12.3 Å². The van der Waals surface area contributed by atoms with Gasteiger partial charge in [-0.1, -0.05) is 30.3 Å². The summed E-state index contributed by atoms with van der Waals surface area (Å²) in [5.74, 6) is 0. The molecular formula is C12H15NO3. The normalized spacial score (nSPS) is 20.6. The Morgan fingerprint density at radius 2 is 2.19 bits per heavy atom. The van der Waals surface area contributed by atoms with Crippen molar-refractivity contribution in [3.8, 4) is 0 Å². The molecule has 1 aromatic rings. The van der Waals surface area contributed by atoms with E-state index in [1.54, 1.807) is 4.90 Å². The Morgan fingerprint density at radius 1 is 1.44 bits per heavy atom. The predicted molar refractivity (Wildman–Crippen MR) is 58.9 cm³/mol. The quantitative estimate of drug-likeness (QED) is 0.729. The Balaban J connectivity index is 2.20. The van der Waals surface area contributed by atoms with Gasteiger partial charge in [0, 0.05) is 12.1 Å². The monoisotopic (exact) mass is 221 g/mol. The number of rotatable bonds is 1. The van der Waals surface area contributed by atoms with Crippen LogP contribution in [0.1, 0.15) is 18.2 Å². The van der Waals surface area contributed by atoms with Gasteiger partial charge in [-0.3, -0.25) is 4.90 Å². The van der Waals surface area contributed by atoms with Crippen LogP contribution in [0.5, 0.6) is 0 Å². The average molecular weight is 221 g/mol. The Labute approximate surface area is 94.8 Å². The van der Waals surface area contributed by atoms with Crippen molar-refractivity contribution in [3.63, 3.8) is 0 Å². The Hall–Kier alpha value is -1.55. The largest absolute Gasteiger partial charge is 0.453 e. The van der Waals surface area contributed by atoms with E-state index < -0.39 is 0 Å². The van der Waals surface area contributed by atoms with Crippen LogP contribution in [0.2, 0.25) is 0 Å². The average Bonchev–Trinajstić information content (AvgIpc) is 2.39. The van der Waals surface area contributed by atoms with Crippen LogP contribution >= 0.6 is 0 Å². The van der Waals surface area contributed by atoms with Crippen LogP contribution in [-0.4, -0.2) is 31.3 Å². The first-order chi connectivity index (χ1) is 7.83. The maximum Gasteiger partial charge on any atom is 0.411 e.